The zero-order valence-corrected chi connectivity index (χ0v) is 10.8. The number of carbonyl (C=O) groups is 2. The van der Waals surface area contributed by atoms with E-state index in [0.717, 1.165) is 0 Å². The van der Waals surface area contributed by atoms with Crippen LogP contribution in [-0.4, -0.2) is 49.6 Å². The Morgan fingerprint density at radius 3 is 2.75 bits per heavy atom. The van der Waals surface area contributed by atoms with Gasteiger partial charge in [0.25, 0.3) is 5.91 Å². The highest BCUT2D eigenvalue weighted by molar-refractivity contribution is 5.99. The third-order valence-electron chi connectivity index (χ3n) is 3.69. The highest BCUT2D eigenvalue weighted by atomic mass is 16.4. The van der Waals surface area contributed by atoms with Gasteiger partial charge in [0.05, 0.1) is 11.5 Å². The Balaban J connectivity index is 1.80. The Kier molecular flexibility index (Phi) is 3.09. The van der Waals surface area contributed by atoms with Gasteiger partial charge in [0.15, 0.2) is 5.65 Å². The molecule has 0 atom stereocenters. The minimum Gasteiger partial charge on any atom is -0.481 e. The van der Waals surface area contributed by atoms with E-state index in [1.165, 1.54) is 0 Å². The van der Waals surface area contributed by atoms with Gasteiger partial charge >= 0.3 is 5.97 Å². The number of carboxylic acids is 1. The Morgan fingerprint density at radius 1 is 1.30 bits per heavy atom. The van der Waals surface area contributed by atoms with Gasteiger partial charge in [0.1, 0.15) is 6.33 Å². The van der Waals surface area contributed by atoms with Crippen LogP contribution in [0.5, 0.6) is 0 Å². The molecule has 0 unspecified atom stereocenters. The molecule has 1 N–H and O–H groups in total. The summed E-state index contributed by atoms with van der Waals surface area (Å²) in [4.78, 5) is 25.1. The zero-order chi connectivity index (χ0) is 14.1. The van der Waals surface area contributed by atoms with Crippen molar-refractivity contribution < 1.29 is 14.7 Å². The van der Waals surface area contributed by atoms with Crippen molar-refractivity contribution in [3.63, 3.8) is 0 Å². The fraction of sp³-hybridized carbons (Fsp3) is 0.385. The molecular weight excluding hydrogens is 260 g/mol. The normalized spacial score (nSPS) is 16.5. The number of hydrogen-bond donors (Lipinski definition) is 1. The van der Waals surface area contributed by atoms with E-state index in [4.69, 9.17) is 5.11 Å². The lowest BCUT2D eigenvalue weighted by molar-refractivity contribution is -0.143. The molecule has 0 spiro atoms. The highest BCUT2D eigenvalue weighted by Crippen LogP contribution is 2.20. The number of aromatic nitrogens is 3. The number of aliphatic carboxylic acids is 1. The molecule has 1 aliphatic heterocycles. The molecular formula is C13H14N4O3. The van der Waals surface area contributed by atoms with Crippen LogP contribution in [0.15, 0.2) is 24.7 Å². The number of pyridine rings is 1. The summed E-state index contributed by atoms with van der Waals surface area (Å²) in [7, 11) is 0. The van der Waals surface area contributed by atoms with Gasteiger partial charge in [-0.2, -0.15) is 0 Å². The van der Waals surface area contributed by atoms with Crippen molar-refractivity contribution in [1.29, 1.82) is 0 Å². The maximum absolute atomic E-state index is 12.5. The van der Waals surface area contributed by atoms with E-state index in [-0.39, 0.29) is 11.8 Å². The maximum atomic E-state index is 12.5. The zero-order valence-electron chi connectivity index (χ0n) is 10.8. The van der Waals surface area contributed by atoms with E-state index in [1.807, 2.05) is 0 Å². The Morgan fingerprint density at radius 2 is 2.05 bits per heavy atom. The summed E-state index contributed by atoms with van der Waals surface area (Å²) in [5.41, 5.74) is 1.02. The standard InChI is InChI=1S/C13H14N4O3/c18-12(16-6-3-9(4-7-16)13(19)20)10-2-1-5-17-8-14-15-11(10)17/h1-2,5,8-9H,3-4,6-7H2,(H,19,20). The summed E-state index contributed by atoms with van der Waals surface area (Å²) in [6, 6.07) is 3.49. The number of fused-ring (bicyclic) bond motifs is 1. The van der Waals surface area contributed by atoms with Gasteiger partial charge in [0, 0.05) is 19.3 Å². The van der Waals surface area contributed by atoms with Gasteiger partial charge < -0.3 is 10.0 Å². The molecule has 1 fully saturated rings. The molecule has 7 nitrogen and oxygen atoms in total. The second-order valence-electron chi connectivity index (χ2n) is 4.89. The van der Waals surface area contributed by atoms with Gasteiger partial charge in [-0.3, -0.25) is 14.0 Å². The molecule has 7 heteroatoms. The van der Waals surface area contributed by atoms with Crippen molar-refractivity contribution >= 4 is 17.5 Å². The summed E-state index contributed by atoms with van der Waals surface area (Å²) in [5.74, 6) is -1.24. The van der Waals surface area contributed by atoms with Gasteiger partial charge in [-0.05, 0) is 25.0 Å². The lowest BCUT2D eigenvalue weighted by atomic mass is 9.97. The first-order valence-electron chi connectivity index (χ1n) is 6.47. The van der Waals surface area contributed by atoms with Crippen LogP contribution in [0.3, 0.4) is 0 Å². The van der Waals surface area contributed by atoms with Crippen LogP contribution in [0, 0.1) is 5.92 Å². The fourth-order valence-electron chi connectivity index (χ4n) is 2.52. The molecule has 104 valence electrons. The number of likely N-dealkylation sites (tertiary alicyclic amines) is 1. The number of rotatable bonds is 2. The third-order valence-corrected chi connectivity index (χ3v) is 3.69. The minimum atomic E-state index is -0.781. The monoisotopic (exact) mass is 274 g/mol. The van der Waals surface area contributed by atoms with Crippen molar-refractivity contribution in [2.24, 2.45) is 5.92 Å². The molecule has 3 heterocycles. The summed E-state index contributed by atoms with van der Waals surface area (Å²) in [6.07, 6.45) is 4.32. The van der Waals surface area contributed by atoms with Gasteiger partial charge in [-0.25, -0.2) is 0 Å². The molecule has 1 aliphatic rings. The van der Waals surface area contributed by atoms with E-state index in [0.29, 0.717) is 37.1 Å². The number of carboxylic acid groups (broad SMARTS) is 1. The number of amides is 1. The number of carbonyl (C=O) groups excluding carboxylic acids is 1. The first-order valence-corrected chi connectivity index (χ1v) is 6.47. The van der Waals surface area contributed by atoms with Crippen LogP contribution < -0.4 is 0 Å². The molecule has 1 saturated heterocycles. The van der Waals surface area contributed by atoms with E-state index in [2.05, 4.69) is 10.2 Å². The van der Waals surface area contributed by atoms with E-state index >= 15 is 0 Å². The Bertz CT molecular complexity index is 658. The first-order chi connectivity index (χ1) is 9.66. The van der Waals surface area contributed by atoms with Crippen LogP contribution >= 0.6 is 0 Å². The molecule has 2 aromatic heterocycles. The summed E-state index contributed by atoms with van der Waals surface area (Å²) in [5, 5.41) is 16.7. The second kappa shape index (κ2) is 4.92. The molecule has 0 aromatic carbocycles. The van der Waals surface area contributed by atoms with Crippen molar-refractivity contribution in [3.8, 4) is 0 Å². The molecule has 1 amide bonds. The van der Waals surface area contributed by atoms with Crippen LogP contribution in [-0.2, 0) is 4.79 Å². The average Bonchev–Trinajstić information content (AvgIpc) is 2.95. The van der Waals surface area contributed by atoms with E-state index < -0.39 is 5.97 Å². The molecule has 0 aliphatic carbocycles. The van der Waals surface area contributed by atoms with Crippen LogP contribution in [0.1, 0.15) is 23.2 Å². The Hall–Kier alpha value is -2.44. The average molecular weight is 274 g/mol. The third kappa shape index (κ3) is 2.11. The van der Waals surface area contributed by atoms with Crippen molar-refractivity contribution in [2.45, 2.75) is 12.8 Å². The van der Waals surface area contributed by atoms with Crippen molar-refractivity contribution in [1.82, 2.24) is 19.5 Å². The lowest BCUT2D eigenvalue weighted by Crippen LogP contribution is -2.40. The topological polar surface area (TPSA) is 87.8 Å². The van der Waals surface area contributed by atoms with Crippen molar-refractivity contribution in [2.75, 3.05) is 13.1 Å². The lowest BCUT2D eigenvalue weighted by Gasteiger charge is -2.30. The van der Waals surface area contributed by atoms with Crippen LogP contribution in [0.2, 0.25) is 0 Å². The molecule has 0 radical (unpaired) electrons. The molecule has 20 heavy (non-hydrogen) atoms. The van der Waals surface area contributed by atoms with E-state index in [9.17, 15) is 9.59 Å². The van der Waals surface area contributed by atoms with Gasteiger partial charge in [0.2, 0.25) is 0 Å². The predicted molar refractivity (Wildman–Crippen MR) is 69.3 cm³/mol. The summed E-state index contributed by atoms with van der Waals surface area (Å²) < 4.78 is 1.69. The summed E-state index contributed by atoms with van der Waals surface area (Å²) in [6.45, 7) is 0.927. The van der Waals surface area contributed by atoms with Crippen molar-refractivity contribution in [3.05, 3.63) is 30.2 Å². The molecule has 3 rings (SSSR count). The highest BCUT2D eigenvalue weighted by Gasteiger charge is 2.28. The molecule has 0 bridgehead atoms. The molecule has 2 aromatic rings. The predicted octanol–water partition coefficient (Wildman–Crippen LogP) is 0.666. The number of piperidine rings is 1. The second-order valence-corrected chi connectivity index (χ2v) is 4.89. The quantitative estimate of drug-likeness (QED) is 0.869. The first kappa shape index (κ1) is 12.6. The number of hydrogen-bond acceptors (Lipinski definition) is 4. The number of nitrogens with zero attached hydrogens (tertiary/aromatic N) is 4. The van der Waals surface area contributed by atoms with Gasteiger partial charge in [-0.15, -0.1) is 10.2 Å². The SMILES string of the molecule is O=C(O)C1CCN(C(=O)c2cccn3cnnc23)CC1. The van der Waals surface area contributed by atoms with Crippen LogP contribution in [0.4, 0.5) is 0 Å². The fourth-order valence-corrected chi connectivity index (χ4v) is 2.52. The van der Waals surface area contributed by atoms with Gasteiger partial charge in [-0.1, -0.05) is 0 Å². The van der Waals surface area contributed by atoms with E-state index in [1.54, 1.807) is 34.0 Å². The Labute approximate surface area is 114 Å². The maximum Gasteiger partial charge on any atom is 0.306 e. The largest absolute Gasteiger partial charge is 0.481 e. The minimum absolute atomic E-state index is 0.118. The summed E-state index contributed by atoms with van der Waals surface area (Å²) >= 11 is 0. The smallest absolute Gasteiger partial charge is 0.306 e. The molecule has 0 saturated carbocycles. The van der Waals surface area contributed by atoms with Crippen LogP contribution in [0.25, 0.3) is 5.65 Å².